The van der Waals surface area contributed by atoms with Gasteiger partial charge in [-0.1, -0.05) is 23.7 Å². The molecule has 5 N–H and O–H groups in total. The van der Waals surface area contributed by atoms with E-state index in [4.69, 9.17) is 37.4 Å². The van der Waals surface area contributed by atoms with E-state index in [9.17, 15) is 13.2 Å². The summed E-state index contributed by atoms with van der Waals surface area (Å²) in [5.74, 6) is -2.10. The van der Waals surface area contributed by atoms with E-state index in [1.54, 1.807) is 12.1 Å². The van der Waals surface area contributed by atoms with Crippen LogP contribution in [0.1, 0.15) is 5.56 Å². The highest BCUT2D eigenvalue weighted by atomic mass is 35.5. The molecule has 0 fully saturated rings. The summed E-state index contributed by atoms with van der Waals surface area (Å²) >= 11 is 5.90. The van der Waals surface area contributed by atoms with E-state index in [2.05, 4.69) is 5.32 Å². The van der Waals surface area contributed by atoms with Crippen molar-refractivity contribution in [1.82, 2.24) is 0 Å². The molecule has 10 heteroatoms. The number of hydrogen-bond donors (Lipinski definition) is 4. The van der Waals surface area contributed by atoms with Gasteiger partial charge in [0, 0.05) is 10.7 Å². The molecule has 26 heavy (non-hydrogen) atoms. The smallest absolute Gasteiger partial charge is 0.489 e. The largest absolute Gasteiger partial charge is 0.490 e. The van der Waals surface area contributed by atoms with Crippen LogP contribution in [0.4, 0.5) is 18.9 Å². The van der Waals surface area contributed by atoms with Gasteiger partial charge in [0.25, 0.3) is 0 Å². The lowest BCUT2D eigenvalue weighted by Gasteiger charge is -2.08. The van der Waals surface area contributed by atoms with Crippen molar-refractivity contribution >= 4 is 29.2 Å². The topological polar surface area (TPSA) is 108 Å². The first-order chi connectivity index (χ1) is 12.1. The van der Waals surface area contributed by atoms with Gasteiger partial charge >= 0.3 is 12.1 Å². The molecule has 0 bridgehead atoms. The fourth-order valence-electron chi connectivity index (χ4n) is 1.58. The highest BCUT2D eigenvalue weighted by molar-refractivity contribution is 6.30. The Morgan fingerprint density at radius 3 is 2.27 bits per heavy atom. The SMILES string of the molecule is N=C(N)Nc1ccc(OCc2cccc(Cl)c2)cc1.O=C(O)C(F)(F)F. The maximum absolute atomic E-state index is 10.6. The maximum Gasteiger partial charge on any atom is 0.490 e. The second-order valence-corrected chi connectivity index (χ2v) is 5.22. The highest BCUT2D eigenvalue weighted by Crippen LogP contribution is 2.18. The van der Waals surface area contributed by atoms with E-state index in [-0.39, 0.29) is 5.96 Å². The number of carboxylic acids is 1. The predicted molar refractivity (Wildman–Crippen MR) is 91.5 cm³/mol. The van der Waals surface area contributed by atoms with Crippen LogP contribution >= 0.6 is 11.6 Å². The summed E-state index contributed by atoms with van der Waals surface area (Å²) < 4.78 is 37.4. The summed E-state index contributed by atoms with van der Waals surface area (Å²) in [7, 11) is 0. The molecule has 0 aliphatic heterocycles. The van der Waals surface area contributed by atoms with E-state index in [0.717, 1.165) is 17.0 Å². The second kappa shape index (κ2) is 9.52. The number of alkyl halides is 3. The van der Waals surface area contributed by atoms with Gasteiger partial charge in [-0.15, -0.1) is 0 Å². The van der Waals surface area contributed by atoms with Crippen LogP contribution in [0.2, 0.25) is 5.02 Å². The van der Waals surface area contributed by atoms with Crippen LogP contribution < -0.4 is 15.8 Å². The molecule has 2 rings (SSSR count). The fourth-order valence-corrected chi connectivity index (χ4v) is 1.80. The van der Waals surface area contributed by atoms with Crippen molar-refractivity contribution in [2.24, 2.45) is 5.73 Å². The van der Waals surface area contributed by atoms with E-state index < -0.39 is 12.1 Å². The molecule has 0 atom stereocenters. The van der Waals surface area contributed by atoms with E-state index in [0.29, 0.717) is 11.6 Å². The number of rotatable bonds is 4. The minimum Gasteiger partial charge on any atom is -0.489 e. The van der Waals surface area contributed by atoms with Crippen molar-refractivity contribution in [2.45, 2.75) is 12.8 Å². The molecule has 0 saturated carbocycles. The molecule has 0 radical (unpaired) electrons. The van der Waals surface area contributed by atoms with Crippen molar-refractivity contribution < 1.29 is 27.8 Å². The molecule has 0 amide bonds. The predicted octanol–water partition coefficient (Wildman–Crippen LogP) is 3.86. The third-order valence-corrected chi connectivity index (χ3v) is 2.91. The average Bonchev–Trinajstić information content (AvgIpc) is 2.53. The minimum atomic E-state index is -5.08. The van der Waals surface area contributed by atoms with Gasteiger partial charge in [0.2, 0.25) is 0 Å². The zero-order chi connectivity index (χ0) is 19.7. The van der Waals surface area contributed by atoms with Crippen LogP contribution in [0.25, 0.3) is 0 Å². The molecule has 0 aliphatic rings. The van der Waals surface area contributed by atoms with Gasteiger partial charge < -0.3 is 20.9 Å². The number of carboxylic acid groups (broad SMARTS) is 1. The molecule has 0 saturated heterocycles. The Kier molecular flexibility index (Phi) is 7.73. The highest BCUT2D eigenvalue weighted by Gasteiger charge is 2.38. The van der Waals surface area contributed by atoms with Crippen LogP contribution in [-0.4, -0.2) is 23.2 Å². The lowest BCUT2D eigenvalue weighted by Crippen LogP contribution is -2.21. The fraction of sp³-hybridized carbons (Fsp3) is 0.125. The van der Waals surface area contributed by atoms with Crippen LogP contribution in [0, 0.1) is 5.41 Å². The molecular formula is C16H15ClF3N3O3. The quantitative estimate of drug-likeness (QED) is 0.469. The van der Waals surface area contributed by atoms with Gasteiger partial charge in [0.05, 0.1) is 0 Å². The third-order valence-electron chi connectivity index (χ3n) is 2.67. The first kappa shape index (κ1) is 21.1. The van der Waals surface area contributed by atoms with Crippen LogP contribution in [0.5, 0.6) is 5.75 Å². The molecule has 0 spiro atoms. The Bertz CT molecular complexity index is 752. The molecule has 140 valence electrons. The van der Waals surface area contributed by atoms with Crippen molar-refractivity contribution in [1.29, 1.82) is 5.41 Å². The molecule has 2 aromatic rings. The summed E-state index contributed by atoms with van der Waals surface area (Å²) in [5.41, 5.74) is 7.00. The molecule has 2 aromatic carbocycles. The summed E-state index contributed by atoms with van der Waals surface area (Å²) in [6, 6.07) is 14.8. The Balaban J connectivity index is 0.000000412. The number of nitrogens with one attached hydrogen (secondary N) is 2. The van der Waals surface area contributed by atoms with Gasteiger partial charge in [-0.3, -0.25) is 5.41 Å². The molecule has 0 aromatic heterocycles. The maximum atomic E-state index is 10.6. The molecular weight excluding hydrogens is 375 g/mol. The average molecular weight is 390 g/mol. The van der Waals surface area contributed by atoms with Crippen molar-refractivity contribution in [2.75, 3.05) is 5.32 Å². The Morgan fingerprint density at radius 2 is 1.81 bits per heavy atom. The zero-order valence-corrected chi connectivity index (χ0v) is 13.9. The van der Waals surface area contributed by atoms with Gasteiger partial charge in [-0.05, 0) is 42.0 Å². The number of aliphatic carboxylic acids is 1. The van der Waals surface area contributed by atoms with Gasteiger partial charge in [-0.25, -0.2) is 4.79 Å². The number of benzene rings is 2. The van der Waals surface area contributed by atoms with Crippen molar-refractivity contribution in [3.8, 4) is 5.75 Å². The van der Waals surface area contributed by atoms with Gasteiger partial charge in [-0.2, -0.15) is 13.2 Å². The third kappa shape index (κ3) is 8.25. The molecule has 0 heterocycles. The monoisotopic (exact) mass is 389 g/mol. The normalized spacial score (nSPS) is 10.3. The van der Waals surface area contributed by atoms with Gasteiger partial charge in [0.15, 0.2) is 5.96 Å². The number of carbonyl (C=O) groups is 1. The van der Waals surface area contributed by atoms with Crippen molar-refractivity contribution in [3.63, 3.8) is 0 Å². The summed E-state index contributed by atoms with van der Waals surface area (Å²) in [6.45, 7) is 0.458. The summed E-state index contributed by atoms with van der Waals surface area (Å²) in [6.07, 6.45) is -5.08. The van der Waals surface area contributed by atoms with E-state index in [1.165, 1.54) is 0 Å². The summed E-state index contributed by atoms with van der Waals surface area (Å²) in [4.78, 5) is 8.90. The first-order valence-electron chi connectivity index (χ1n) is 6.96. The van der Waals surface area contributed by atoms with Gasteiger partial charge in [0.1, 0.15) is 12.4 Å². The van der Waals surface area contributed by atoms with Crippen LogP contribution in [-0.2, 0) is 11.4 Å². The molecule has 6 nitrogen and oxygen atoms in total. The number of hydrogen-bond acceptors (Lipinski definition) is 3. The Morgan fingerprint density at radius 1 is 1.23 bits per heavy atom. The molecule has 0 unspecified atom stereocenters. The standard InChI is InChI=1S/C14H14ClN3O.C2HF3O2/c15-11-3-1-2-10(8-11)9-19-13-6-4-12(5-7-13)18-14(16)17;3-2(4,5)1(6)7/h1-8H,9H2,(H4,16,17,18);(H,6,7). The van der Waals surface area contributed by atoms with E-state index >= 15 is 0 Å². The number of ether oxygens (including phenoxy) is 1. The van der Waals surface area contributed by atoms with E-state index in [1.807, 2.05) is 36.4 Å². The Hall–Kier alpha value is -2.94. The summed E-state index contributed by atoms with van der Waals surface area (Å²) in [5, 5.41) is 17.6. The number of nitrogens with two attached hydrogens (primary N) is 1. The number of guanidine groups is 1. The zero-order valence-electron chi connectivity index (χ0n) is 13.2. The first-order valence-corrected chi connectivity index (χ1v) is 7.34. The number of halogens is 4. The minimum absolute atomic E-state index is 0.0902. The lowest BCUT2D eigenvalue weighted by atomic mass is 10.2. The second-order valence-electron chi connectivity index (χ2n) is 4.78. The van der Waals surface area contributed by atoms with Crippen molar-refractivity contribution in [3.05, 3.63) is 59.1 Å². The molecule has 0 aliphatic carbocycles. The Labute approximate surface area is 151 Å². The number of anilines is 1. The lowest BCUT2D eigenvalue weighted by molar-refractivity contribution is -0.192. The van der Waals surface area contributed by atoms with Crippen LogP contribution in [0.15, 0.2) is 48.5 Å². The van der Waals surface area contributed by atoms with Crippen LogP contribution in [0.3, 0.4) is 0 Å².